The number of nitrogens with two attached hydrogens (primary N) is 3. The second-order valence-corrected chi connectivity index (χ2v) is 4.36. The Labute approximate surface area is 114 Å². The van der Waals surface area contributed by atoms with Crippen LogP contribution in [0.15, 0.2) is 4.99 Å². The molecular formula is C12H25N5O2. The van der Waals surface area contributed by atoms with Crippen LogP contribution in [0.5, 0.6) is 0 Å². The van der Waals surface area contributed by atoms with Crippen molar-refractivity contribution in [2.45, 2.75) is 44.6 Å². The van der Waals surface area contributed by atoms with Gasteiger partial charge in [-0.3, -0.25) is 9.79 Å². The highest BCUT2D eigenvalue weighted by atomic mass is 16.2. The lowest BCUT2D eigenvalue weighted by Gasteiger charge is -2.11. The fraction of sp³-hybridized carbons (Fsp3) is 0.750. The zero-order valence-electron chi connectivity index (χ0n) is 11.3. The van der Waals surface area contributed by atoms with E-state index in [1.165, 1.54) is 0 Å². The molecule has 0 aliphatic carbocycles. The maximum absolute atomic E-state index is 11.6. The normalized spacial score (nSPS) is 11.6. The number of carbonyl (C=O) groups excluding carboxylic acids is 2. The Bertz CT molecular complexity index is 290. The molecule has 0 heterocycles. The second kappa shape index (κ2) is 11.5. The Morgan fingerprint density at radius 3 is 2.58 bits per heavy atom. The summed E-state index contributed by atoms with van der Waals surface area (Å²) < 4.78 is 0. The van der Waals surface area contributed by atoms with Gasteiger partial charge in [0.15, 0.2) is 5.96 Å². The summed E-state index contributed by atoms with van der Waals surface area (Å²) >= 11 is 0. The lowest BCUT2D eigenvalue weighted by Crippen LogP contribution is -2.41. The van der Waals surface area contributed by atoms with Crippen LogP contribution in [0.4, 0.5) is 0 Å². The van der Waals surface area contributed by atoms with E-state index in [-0.39, 0.29) is 11.9 Å². The molecule has 7 N–H and O–H groups in total. The largest absolute Gasteiger partial charge is 0.370 e. The molecular weight excluding hydrogens is 246 g/mol. The lowest BCUT2D eigenvalue weighted by atomic mass is 10.1. The van der Waals surface area contributed by atoms with Gasteiger partial charge in [-0.1, -0.05) is 6.42 Å². The van der Waals surface area contributed by atoms with Gasteiger partial charge in [-0.15, -0.1) is 0 Å². The maximum atomic E-state index is 11.6. The zero-order valence-corrected chi connectivity index (χ0v) is 11.3. The van der Waals surface area contributed by atoms with Crippen LogP contribution in [0.1, 0.15) is 38.5 Å². The minimum atomic E-state index is -0.524. The van der Waals surface area contributed by atoms with E-state index in [0.29, 0.717) is 32.4 Å². The van der Waals surface area contributed by atoms with Crippen LogP contribution >= 0.6 is 0 Å². The van der Waals surface area contributed by atoms with Gasteiger partial charge in [-0.2, -0.15) is 0 Å². The molecule has 7 nitrogen and oxygen atoms in total. The lowest BCUT2D eigenvalue weighted by molar-refractivity contribution is -0.122. The van der Waals surface area contributed by atoms with Crippen molar-refractivity contribution >= 4 is 18.2 Å². The maximum Gasteiger partial charge on any atom is 0.236 e. The second-order valence-electron chi connectivity index (χ2n) is 4.36. The monoisotopic (exact) mass is 271 g/mol. The predicted molar refractivity (Wildman–Crippen MR) is 75.4 cm³/mol. The van der Waals surface area contributed by atoms with E-state index in [2.05, 4.69) is 10.3 Å². The van der Waals surface area contributed by atoms with E-state index in [1.807, 2.05) is 0 Å². The first-order chi connectivity index (χ1) is 9.07. The van der Waals surface area contributed by atoms with Crippen LogP contribution in [-0.4, -0.2) is 37.3 Å². The van der Waals surface area contributed by atoms with Crippen LogP contribution < -0.4 is 22.5 Å². The first kappa shape index (κ1) is 17.4. The fourth-order valence-corrected chi connectivity index (χ4v) is 1.52. The van der Waals surface area contributed by atoms with Crippen molar-refractivity contribution in [2.24, 2.45) is 22.2 Å². The highest BCUT2D eigenvalue weighted by molar-refractivity contribution is 5.81. The minimum absolute atomic E-state index is 0.0494. The number of nitrogens with one attached hydrogen (secondary N) is 1. The molecule has 0 radical (unpaired) electrons. The summed E-state index contributed by atoms with van der Waals surface area (Å²) in [7, 11) is 0. The first-order valence-corrected chi connectivity index (χ1v) is 6.60. The van der Waals surface area contributed by atoms with Crippen LogP contribution in [0.2, 0.25) is 0 Å². The Hall–Kier alpha value is -1.63. The number of nitrogens with zero attached hydrogens (tertiary/aromatic N) is 1. The number of carbonyl (C=O) groups is 2. The number of hydrogen-bond acceptors (Lipinski definition) is 4. The molecule has 0 fully saturated rings. The van der Waals surface area contributed by atoms with Crippen LogP contribution in [-0.2, 0) is 9.59 Å². The molecule has 0 aliphatic heterocycles. The zero-order chi connectivity index (χ0) is 14.5. The van der Waals surface area contributed by atoms with E-state index in [4.69, 9.17) is 17.2 Å². The summed E-state index contributed by atoms with van der Waals surface area (Å²) in [6.07, 6.45) is 5.37. The van der Waals surface area contributed by atoms with Gasteiger partial charge in [0.05, 0.1) is 6.04 Å². The minimum Gasteiger partial charge on any atom is -0.370 e. The average molecular weight is 271 g/mol. The molecule has 7 heteroatoms. The van der Waals surface area contributed by atoms with Crippen molar-refractivity contribution in [3.63, 3.8) is 0 Å². The number of unbranched alkanes of at least 4 members (excludes halogenated alkanes) is 3. The molecule has 0 aromatic rings. The van der Waals surface area contributed by atoms with Crippen LogP contribution in [0, 0.1) is 0 Å². The number of aliphatic imine (C=N–C) groups is 1. The van der Waals surface area contributed by atoms with Gasteiger partial charge in [-0.05, 0) is 25.7 Å². The smallest absolute Gasteiger partial charge is 0.236 e. The predicted octanol–water partition coefficient (Wildman–Crippen LogP) is -0.757. The quantitative estimate of drug-likeness (QED) is 0.169. The highest BCUT2D eigenvalue weighted by Gasteiger charge is 2.11. The summed E-state index contributed by atoms with van der Waals surface area (Å²) in [4.78, 5) is 25.5. The highest BCUT2D eigenvalue weighted by Crippen LogP contribution is 1.98. The number of amides is 1. The van der Waals surface area contributed by atoms with Crippen LogP contribution in [0.25, 0.3) is 0 Å². The molecule has 1 unspecified atom stereocenters. The van der Waals surface area contributed by atoms with E-state index >= 15 is 0 Å². The van der Waals surface area contributed by atoms with Gasteiger partial charge in [0, 0.05) is 19.5 Å². The molecule has 0 saturated heterocycles. The van der Waals surface area contributed by atoms with Gasteiger partial charge < -0.3 is 27.3 Å². The standard InChI is InChI=1S/C12H25N5O2/c13-10(6-5-8-17-12(14)15)11(19)16-7-3-1-2-4-9-18/h9-10H,1-8,13H2,(H,16,19)(H4,14,15,17). The van der Waals surface area contributed by atoms with E-state index in [1.54, 1.807) is 0 Å². The summed E-state index contributed by atoms with van der Waals surface area (Å²) in [6.45, 7) is 1.08. The summed E-state index contributed by atoms with van der Waals surface area (Å²) in [5, 5.41) is 2.77. The molecule has 0 saturated carbocycles. The van der Waals surface area contributed by atoms with E-state index in [9.17, 15) is 9.59 Å². The van der Waals surface area contributed by atoms with Gasteiger partial charge in [0.2, 0.25) is 5.91 Å². The molecule has 0 aromatic heterocycles. The molecule has 110 valence electrons. The summed E-state index contributed by atoms with van der Waals surface area (Å²) in [5.74, 6) is -0.103. The Morgan fingerprint density at radius 2 is 1.95 bits per heavy atom. The number of guanidine groups is 1. The molecule has 0 spiro atoms. The van der Waals surface area contributed by atoms with E-state index < -0.39 is 6.04 Å². The summed E-state index contributed by atoms with van der Waals surface area (Å²) in [5.41, 5.74) is 16.1. The number of aldehydes is 1. The molecule has 19 heavy (non-hydrogen) atoms. The molecule has 0 aromatic carbocycles. The average Bonchev–Trinajstić information content (AvgIpc) is 2.38. The van der Waals surface area contributed by atoms with E-state index in [0.717, 1.165) is 25.5 Å². The number of hydrogen-bond donors (Lipinski definition) is 4. The third-order valence-corrected chi connectivity index (χ3v) is 2.60. The Kier molecular flexibility index (Phi) is 10.5. The van der Waals surface area contributed by atoms with Crippen LogP contribution in [0.3, 0.4) is 0 Å². The van der Waals surface area contributed by atoms with Gasteiger partial charge >= 0.3 is 0 Å². The molecule has 0 aliphatic rings. The first-order valence-electron chi connectivity index (χ1n) is 6.60. The van der Waals surface area contributed by atoms with Crippen molar-refractivity contribution in [1.29, 1.82) is 0 Å². The molecule has 1 atom stereocenters. The Morgan fingerprint density at radius 1 is 1.21 bits per heavy atom. The summed E-state index contributed by atoms with van der Waals surface area (Å²) in [6, 6.07) is -0.524. The van der Waals surface area contributed by atoms with Crippen molar-refractivity contribution in [1.82, 2.24) is 5.32 Å². The van der Waals surface area contributed by atoms with Crippen molar-refractivity contribution in [3.8, 4) is 0 Å². The SMILES string of the molecule is NC(N)=NCCCC(N)C(=O)NCCCCCC=O. The Balaban J connectivity index is 3.53. The van der Waals surface area contributed by atoms with Crippen molar-refractivity contribution < 1.29 is 9.59 Å². The van der Waals surface area contributed by atoms with Gasteiger partial charge in [0.25, 0.3) is 0 Å². The van der Waals surface area contributed by atoms with Crippen molar-refractivity contribution in [2.75, 3.05) is 13.1 Å². The topological polar surface area (TPSA) is 137 Å². The molecule has 0 rings (SSSR count). The molecule has 1 amide bonds. The van der Waals surface area contributed by atoms with Gasteiger partial charge in [0.1, 0.15) is 6.29 Å². The fourth-order valence-electron chi connectivity index (χ4n) is 1.52. The number of rotatable bonds is 11. The van der Waals surface area contributed by atoms with Crippen molar-refractivity contribution in [3.05, 3.63) is 0 Å². The molecule has 0 bridgehead atoms. The third-order valence-electron chi connectivity index (χ3n) is 2.60. The third kappa shape index (κ3) is 11.2. The van der Waals surface area contributed by atoms with Gasteiger partial charge in [-0.25, -0.2) is 0 Å².